The van der Waals surface area contributed by atoms with Gasteiger partial charge in [-0.2, -0.15) is 0 Å². The summed E-state index contributed by atoms with van der Waals surface area (Å²) in [6.07, 6.45) is 8.76. The minimum absolute atomic E-state index is 0.101. The van der Waals surface area contributed by atoms with Crippen LogP contribution in [0.2, 0.25) is 0 Å². The van der Waals surface area contributed by atoms with Gasteiger partial charge < -0.3 is 10.8 Å². The van der Waals surface area contributed by atoms with Gasteiger partial charge in [0.1, 0.15) is 5.75 Å². The van der Waals surface area contributed by atoms with Crippen LogP contribution in [0.1, 0.15) is 114 Å². The van der Waals surface area contributed by atoms with Crippen LogP contribution in [0, 0.1) is 10.8 Å². The zero-order valence-corrected chi connectivity index (χ0v) is 24.1. The largest absolute Gasteiger partial charge is 0.507 e. The van der Waals surface area contributed by atoms with Crippen molar-refractivity contribution in [1.29, 1.82) is 0 Å². The average molecular weight is 500 g/mol. The van der Waals surface area contributed by atoms with Gasteiger partial charge in [0.05, 0.1) is 0 Å². The highest BCUT2D eigenvalue weighted by Crippen LogP contribution is 2.38. The van der Waals surface area contributed by atoms with Crippen molar-refractivity contribution in [3.8, 4) is 5.75 Å². The van der Waals surface area contributed by atoms with Crippen molar-refractivity contribution >= 4 is 5.69 Å². The van der Waals surface area contributed by atoms with E-state index in [1.165, 1.54) is 42.4 Å². The summed E-state index contributed by atoms with van der Waals surface area (Å²) in [5, 5.41) is 11.4. The van der Waals surface area contributed by atoms with E-state index in [-0.39, 0.29) is 5.92 Å². The fraction of sp³-hybridized carbons (Fsp3) is 0.486. The van der Waals surface area contributed by atoms with Gasteiger partial charge in [-0.1, -0.05) is 109 Å². The molecule has 2 nitrogen and oxygen atoms in total. The number of nitrogens with two attached hydrogens (primary N) is 1. The monoisotopic (exact) mass is 499 g/mol. The van der Waals surface area contributed by atoms with Crippen molar-refractivity contribution in [2.75, 3.05) is 5.73 Å². The second-order valence-electron chi connectivity index (χ2n) is 13.2. The first-order valence-corrected chi connectivity index (χ1v) is 14.2. The van der Waals surface area contributed by atoms with Crippen LogP contribution in [-0.4, -0.2) is 5.11 Å². The first-order chi connectivity index (χ1) is 17.4. The van der Waals surface area contributed by atoms with Gasteiger partial charge in [-0.05, 0) is 89.3 Å². The molecule has 0 aromatic heterocycles. The van der Waals surface area contributed by atoms with Crippen LogP contribution in [0.15, 0.2) is 66.7 Å². The highest BCUT2D eigenvalue weighted by molar-refractivity contribution is 5.52. The highest BCUT2D eigenvalue weighted by Gasteiger charge is 2.21. The minimum Gasteiger partial charge on any atom is -0.507 e. The normalized spacial score (nSPS) is 13.0. The van der Waals surface area contributed by atoms with Gasteiger partial charge in [-0.25, -0.2) is 0 Å². The Bertz CT molecular complexity index is 1060. The van der Waals surface area contributed by atoms with E-state index in [9.17, 15) is 5.11 Å². The molecule has 3 aromatic carbocycles. The molecule has 0 fully saturated rings. The van der Waals surface area contributed by atoms with Crippen molar-refractivity contribution in [3.05, 3.63) is 94.5 Å². The number of phenols is 1. The maximum atomic E-state index is 11.4. The maximum Gasteiger partial charge on any atom is 0.121 e. The number of aromatic hydroxyl groups is 1. The number of rotatable bonds is 11. The summed E-state index contributed by atoms with van der Waals surface area (Å²) >= 11 is 0. The number of benzene rings is 3. The summed E-state index contributed by atoms with van der Waals surface area (Å²) < 4.78 is 0. The Morgan fingerprint density at radius 1 is 0.622 bits per heavy atom. The number of hydrogen-bond donors (Lipinski definition) is 2. The molecule has 0 aliphatic carbocycles. The standard InChI is InChI=1S/C35H49NO/c1-34(2,3)22-12-10-16-28-24-30(25-29(33(28)37)17-11-13-23-35(4,5)6)32(26-14-8-7-9-15-26)27-18-20-31(36)21-19-27/h7-9,14-15,18-21,24-25,32,37H,10-13,16-17,22-23,36H2,1-6H3. The number of hydrogen-bond acceptors (Lipinski definition) is 2. The molecular weight excluding hydrogens is 450 g/mol. The Morgan fingerprint density at radius 2 is 1.08 bits per heavy atom. The average Bonchev–Trinajstić information content (AvgIpc) is 2.82. The van der Waals surface area contributed by atoms with Crippen molar-refractivity contribution in [2.45, 2.75) is 98.8 Å². The quantitative estimate of drug-likeness (QED) is 0.157. The third-order valence-corrected chi connectivity index (χ3v) is 7.27. The molecule has 0 saturated carbocycles. The molecule has 0 radical (unpaired) electrons. The second kappa shape index (κ2) is 12.7. The Labute approximate surface area is 226 Å². The fourth-order valence-electron chi connectivity index (χ4n) is 5.19. The number of aryl methyl sites for hydroxylation is 2. The lowest BCUT2D eigenvalue weighted by atomic mass is 9.82. The predicted octanol–water partition coefficient (Wildman–Crippen LogP) is 9.67. The summed E-state index contributed by atoms with van der Waals surface area (Å²) in [6.45, 7) is 13.8. The molecule has 0 spiro atoms. The summed E-state index contributed by atoms with van der Waals surface area (Å²) in [5.41, 5.74) is 13.4. The number of phenolic OH excluding ortho intramolecular Hbond substituents is 1. The lowest BCUT2D eigenvalue weighted by Gasteiger charge is -2.23. The predicted molar refractivity (Wildman–Crippen MR) is 160 cm³/mol. The molecule has 2 heteroatoms. The van der Waals surface area contributed by atoms with E-state index in [2.05, 4.69) is 96.1 Å². The van der Waals surface area contributed by atoms with E-state index < -0.39 is 0 Å². The number of unbranched alkanes of at least 4 members (excludes halogenated alkanes) is 2. The lowest BCUT2D eigenvalue weighted by molar-refractivity contribution is 0.359. The van der Waals surface area contributed by atoms with E-state index in [4.69, 9.17) is 5.73 Å². The summed E-state index contributed by atoms with van der Waals surface area (Å²) in [5.74, 6) is 0.614. The first-order valence-electron chi connectivity index (χ1n) is 14.2. The minimum atomic E-state index is 0.101. The second-order valence-corrected chi connectivity index (χ2v) is 13.2. The van der Waals surface area contributed by atoms with E-state index in [1.807, 2.05) is 12.1 Å². The van der Waals surface area contributed by atoms with Gasteiger partial charge >= 0.3 is 0 Å². The highest BCUT2D eigenvalue weighted by atomic mass is 16.3. The smallest absolute Gasteiger partial charge is 0.121 e. The molecule has 3 rings (SSSR count). The van der Waals surface area contributed by atoms with Crippen molar-refractivity contribution < 1.29 is 5.11 Å². The van der Waals surface area contributed by atoms with Crippen molar-refractivity contribution in [2.24, 2.45) is 10.8 Å². The van der Waals surface area contributed by atoms with Crippen LogP contribution in [0.3, 0.4) is 0 Å². The molecule has 0 heterocycles. The topological polar surface area (TPSA) is 46.2 Å². The molecule has 0 saturated heterocycles. The Hall–Kier alpha value is -2.74. The van der Waals surface area contributed by atoms with Gasteiger partial charge in [0.2, 0.25) is 0 Å². The zero-order chi connectivity index (χ0) is 27.1. The van der Waals surface area contributed by atoms with Crippen molar-refractivity contribution in [1.82, 2.24) is 0 Å². The molecule has 0 amide bonds. The van der Waals surface area contributed by atoms with E-state index in [0.29, 0.717) is 16.6 Å². The van der Waals surface area contributed by atoms with Crippen LogP contribution < -0.4 is 5.73 Å². The van der Waals surface area contributed by atoms with Crippen molar-refractivity contribution in [3.63, 3.8) is 0 Å². The SMILES string of the molecule is CC(C)(C)CCCCc1cc(C(c2ccccc2)c2ccc(N)cc2)cc(CCCCC(C)(C)C)c1O. The molecular formula is C35H49NO. The first kappa shape index (κ1) is 28.8. The molecule has 3 aromatic rings. The van der Waals surface area contributed by atoms with Gasteiger partial charge in [-0.3, -0.25) is 0 Å². The van der Waals surface area contributed by atoms with E-state index >= 15 is 0 Å². The third kappa shape index (κ3) is 9.26. The molecule has 1 unspecified atom stereocenters. The third-order valence-electron chi connectivity index (χ3n) is 7.27. The van der Waals surface area contributed by atoms with Gasteiger partial charge in [0, 0.05) is 11.6 Å². The van der Waals surface area contributed by atoms with Gasteiger partial charge in [0.15, 0.2) is 0 Å². The summed E-state index contributed by atoms with van der Waals surface area (Å²) in [7, 11) is 0. The molecule has 37 heavy (non-hydrogen) atoms. The fourth-order valence-corrected chi connectivity index (χ4v) is 5.19. The molecule has 3 N–H and O–H groups in total. The van der Waals surface area contributed by atoms with Crippen LogP contribution >= 0.6 is 0 Å². The maximum absolute atomic E-state index is 11.4. The number of anilines is 1. The molecule has 0 bridgehead atoms. The van der Waals surface area contributed by atoms with Gasteiger partial charge in [-0.15, -0.1) is 0 Å². The Kier molecular flexibility index (Phi) is 9.87. The van der Waals surface area contributed by atoms with Crippen LogP contribution in [-0.2, 0) is 12.8 Å². The Balaban J connectivity index is 1.97. The van der Waals surface area contributed by atoms with Crippen LogP contribution in [0.5, 0.6) is 5.75 Å². The molecule has 200 valence electrons. The summed E-state index contributed by atoms with van der Waals surface area (Å²) in [4.78, 5) is 0. The summed E-state index contributed by atoms with van der Waals surface area (Å²) in [6, 6.07) is 23.5. The molecule has 0 aliphatic rings. The van der Waals surface area contributed by atoms with E-state index in [0.717, 1.165) is 42.5 Å². The van der Waals surface area contributed by atoms with Crippen LogP contribution in [0.4, 0.5) is 5.69 Å². The number of nitrogen functional groups attached to an aromatic ring is 1. The van der Waals surface area contributed by atoms with Gasteiger partial charge in [0.25, 0.3) is 0 Å². The molecule has 1 atom stereocenters. The molecule has 0 aliphatic heterocycles. The van der Waals surface area contributed by atoms with Crippen LogP contribution in [0.25, 0.3) is 0 Å². The zero-order valence-electron chi connectivity index (χ0n) is 24.1. The van der Waals surface area contributed by atoms with E-state index in [1.54, 1.807) is 0 Å². The lowest BCUT2D eigenvalue weighted by Crippen LogP contribution is -2.07. The Morgan fingerprint density at radius 3 is 1.54 bits per heavy atom.